The second-order valence-corrected chi connectivity index (χ2v) is 8.48. The van der Waals surface area contributed by atoms with Gasteiger partial charge in [-0.05, 0) is 42.5 Å². The van der Waals surface area contributed by atoms with E-state index in [0.717, 1.165) is 30.8 Å². The van der Waals surface area contributed by atoms with Gasteiger partial charge in [0.1, 0.15) is 0 Å². The van der Waals surface area contributed by atoms with Crippen molar-refractivity contribution < 1.29 is 4.74 Å². The number of hydrogen-bond acceptors (Lipinski definition) is 3. The molecule has 1 aromatic carbocycles. The first kappa shape index (κ1) is 19.4. The highest BCUT2D eigenvalue weighted by Gasteiger charge is 2.34. The number of ether oxygens (including phenoxy) is 1. The third kappa shape index (κ3) is 4.56. The fourth-order valence-corrected chi connectivity index (χ4v) is 4.83. The molecule has 4 rings (SSSR count). The van der Waals surface area contributed by atoms with Crippen LogP contribution in [0.2, 0.25) is 0 Å². The van der Waals surface area contributed by atoms with Gasteiger partial charge in [0.05, 0.1) is 13.2 Å². The summed E-state index contributed by atoms with van der Waals surface area (Å²) in [7, 11) is 0. The topological polar surface area (TPSA) is 34.5 Å². The van der Waals surface area contributed by atoms with Crippen molar-refractivity contribution in [3.05, 3.63) is 69.6 Å². The summed E-state index contributed by atoms with van der Waals surface area (Å²) in [6.07, 6.45) is 5.09. The van der Waals surface area contributed by atoms with Gasteiger partial charge in [0.15, 0.2) is 0 Å². The standard InChI is InChI=1S/C24H32N2O2/c1-2-3-7-10-25-14-21-11-22(16-25)23-12-20(13-24(27)26(23)15-21)18-28-17-19-8-5-4-6-9-19/h4-6,8-9,12-13,21-22H,2-3,7,10-11,14-18H2,1H3. The SMILES string of the molecule is CCCCCN1CC2CC(C1)c1cc(COCc3ccccc3)cc(=O)n1C2. The van der Waals surface area contributed by atoms with E-state index in [9.17, 15) is 4.79 Å². The molecular weight excluding hydrogens is 348 g/mol. The van der Waals surface area contributed by atoms with Crippen LogP contribution < -0.4 is 5.56 Å². The minimum atomic E-state index is 0.143. The molecule has 0 saturated carbocycles. The van der Waals surface area contributed by atoms with Gasteiger partial charge < -0.3 is 14.2 Å². The number of rotatable bonds is 8. The second kappa shape index (κ2) is 9.06. The Labute approximate surface area is 168 Å². The Morgan fingerprint density at radius 2 is 1.82 bits per heavy atom. The first-order valence-corrected chi connectivity index (χ1v) is 10.8. The zero-order valence-corrected chi connectivity index (χ0v) is 17.0. The van der Waals surface area contributed by atoms with Crippen LogP contribution in [0.1, 0.15) is 55.3 Å². The van der Waals surface area contributed by atoms with Crippen LogP contribution in [0.3, 0.4) is 0 Å². The maximum atomic E-state index is 12.7. The van der Waals surface area contributed by atoms with E-state index >= 15 is 0 Å². The highest BCUT2D eigenvalue weighted by molar-refractivity contribution is 5.23. The molecule has 0 spiro atoms. The third-order valence-electron chi connectivity index (χ3n) is 6.15. The van der Waals surface area contributed by atoms with Crippen molar-refractivity contribution in [3.8, 4) is 0 Å². The van der Waals surface area contributed by atoms with E-state index in [4.69, 9.17) is 4.74 Å². The summed E-state index contributed by atoms with van der Waals surface area (Å²) in [6.45, 7) is 7.65. The van der Waals surface area contributed by atoms with E-state index < -0.39 is 0 Å². The van der Waals surface area contributed by atoms with Crippen LogP contribution in [0.25, 0.3) is 0 Å². The highest BCUT2D eigenvalue weighted by atomic mass is 16.5. The molecule has 2 unspecified atom stereocenters. The zero-order valence-electron chi connectivity index (χ0n) is 17.0. The molecule has 2 aliphatic heterocycles. The maximum Gasteiger partial charge on any atom is 0.251 e. The van der Waals surface area contributed by atoms with Crippen LogP contribution in [0, 0.1) is 5.92 Å². The van der Waals surface area contributed by atoms with Gasteiger partial charge in [-0.2, -0.15) is 0 Å². The molecule has 2 atom stereocenters. The molecule has 1 aromatic heterocycles. The first-order chi connectivity index (χ1) is 13.7. The Morgan fingerprint density at radius 1 is 1.00 bits per heavy atom. The number of nitrogens with zero attached hydrogens (tertiary/aromatic N) is 2. The van der Waals surface area contributed by atoms with E-state index in [0.29, 0.717) is 25.0 Å². The van der Waals surface area contributed by atoms with Crippen LogP contribution in [-0.2, 0) is 24.5 Å². The van der Waals surface area contributed by atoms with Crippen molar-refractivity contribution in [2.75, 3.05) is 19.6 Å². The molecule has 0 aliphatic carbocycles. The van der Waals surface area contributed by atoms with Crippen molar-refractivity contribution in [1.29, 1.82) is 0 Å². The molecule has 0 amide bonds. The predicted molar refractivity (Wildman–Crippen MR) is 112 cm³/mol. The zero-order chi connectivity index (χ0) is 19.3. The van der Waals surface area contributed by atoms with E-state index in [1.165, 1.54) is 37.9 Å². The van der Waals surface area contributed by atoms with Gasteiger partial charge in [-0.15, -0.1) is 0 Å². The molecule has 28 heavy (non-hydrogen) atoms. The average Bonchev–Trinajstić information content (AvgIpc) is 2.70. The van der Waals surface area contributed by atoms with Gasteiger partial charge in [-0.25, -0.2) is 0 Å². The van der Waals surface area contributed by atoms with E-state index in [-0.39, 0.29) is 5.56 Å². The van der Waals surface area contributed by atoms with Crippen molar-refractivity contribution >= 4 is 0 Å². The summed E-state index contributed by atoms with van der Waals surface area (Å²) in [5.74, 6) is 1.10. The van der Waals surface area contributed by atoms with Crippen LogP contribution in [0.15, 0.2) is 47.3 Å². The summed E-state index contributed by atoms with van der Waals surface area (Å²) in [4.78, 5) is 15.4. The smallest absolute Gasteiger partial charge is 0.251 e. The van der Waals surface area contributed by atoms with E-state index in [2.05, 4.69) is 30.0 Å². The largest absolute Gasteiger partial charge is 0.372 e. The summed E-state index contributed by atoms with van der Waals surface area (Å²) in [5.41, 5.74) is 3.54. The Bertz CT molecular complexity index is 830. The number of piperidine rings is 1. The van der Waals surface area contributed by atoms with Crippen molar-refractivity contribution in [3.63, 3.8) is 0 Å². The van der Waals surface area contributed by atoms with E-state index in [1.807, 2.05) is 22.8 Å². The molecule has 2 bridgehead atoms. The Morgan fingerprint density at radius 3 is 2.64 bits per heavy atom. The summed E-state index contributed by atoms with van der Waals surface area (Å²) in [5, 5.41) is 0. The fraction of sp³-hybridized carbons (Fsp3) is 0.542. The lowest BCUT2D eigenvalue weighted by Crippen LogP contribution is -2.47. The number of fused-ring (bicyclic) bond motifs is 4. The van der Waals surface area contributed by atoms with Crippen LogP contribution >= 0.6 is 0 Å². The number of likely N-dealkylation sites (tertiary alicyclic amines) is 1. The second-order valence-electron chi connectivity index (χ2n) is 8.48. The minimum absolute atomic E-state index is 0.143. The Kier molecular flexibility index (Phi) is 6.28. The molecular formula is C24H32N2O2. The third-order valence-corrected chi connectivity index (χ3v) is 6.15. The molecule has 2 aliphatic rings. The average molecular weight is 381 g/mol. The van der Waals surface area contributed by atoms with Crippen molar-refractivity contribution in [2.24, 2.45) is 5.92 Å². The lowest BCUT2D eigenvalue weighted by molar-refractivity contribution is 0.105. The lowest BCUT2D eigenvalue weighted by atomic mass is 9.82. The summed E-state index contributed by atoms with van der Waals surface area (Å²) >= 11 is 0. The quantitative estimate of drug-likeness (QED) is 0.645. The summed E-state index contributed by atoms with van der Waals surface area (Å²) < 4.78 is 7.91. The van der Waals surface area contributed by atoms with E-state index in [1.54, 1.807) is 6.07 Å². The Hall–Kier alpha value is -1.91. The summed E-state index contributed by atoms with van der Waals surface area (Å²) in [6, 6.07) is 14.2. The van der Waals surface area contributed by atoms with Gasteiger partial charge >= 0.3 is 0 Å². The van der Waals surface area contributed by atoms with Crippen LogP contribution in [0.5, 0.6) is 0 Å². The van der Waals surface area contributed by atoms with Gasteiger partial charge in [0.25, 0.3) is 5.56 Å². The van der Waals surface area contributed by atoms with Crippen LogP contribution in [0.4, 0.5) is 0 Å². The number of aromatic nitrogens is 1. The van der Waals surface area contributed by atoms with Gasteiger partial charge in [0.2, 0.25) is 0 Å². The van der Waals surface area contributed by atoms with Gasteiger partial charge in [-0.3, -0.25) is 4.79 Å². The number of benzene rings is 1. The van der Waals surface area contributed by atoms with Gasteiger partial charge in [-0.1, -0.05) is 50.1 Å². The molecule has 3 heterocycles. The van der Waals surface area contributed by atoms with Crippen molar-refractivity contribution in [2.45, 2.75) is 58.3 Å². The molecule has 1 saturated heterocycles. The Balaban J connectivity index is 1.43. The molecule has 1 fully saturated rings. The molecule has 0 radical (unpaired) electrons. The minimum Gasteiger partial charge on any atom is -0.372 e. The number of hydrogen-bond donors (Lipinski definition) is 0. The normalized spacial score (nSPS) is 21.5. The molecule has 4 heteroatoms. The number of unbranched alkanes of at least 4 members (excludes halogenated alkanes) is 2. The monoisotopic (exact) mass is 380 g/mol. The molecule has 0 N–H and O–H groups in total. The maximum absolute atomic E-state index is 12.7. The highest BCUT2D eigenvalue weighted by Crippen LogP contribution is 2.35. The predicted octanol–water partition coefficient (Wildman–Crippen LogP) is 4.17. The molecule has 150 valence electrons. The van der Waals surface area contributed by atoms with Crippen LogP contribution in [-0.4, -0.2) is 29.1 Å². The fourth-order valence-electron chi connectivity index (χ4n) is 4.83. The number of pyridine rings is 1. The van der Waals surface area contributed by atoms with Gasteiger partial charge in [0, 0.05) is 37.3 Å². The van der Waals surface area contributed by atoms with Crippen molar-refractivity contribution in [1.82, 2.24) is 9.47 Å². The molecule has 4 nitrogen and oxygen atoms in total. The molecule has 2 aromatic rings. The lowest BCUT2D eigenvalue weighted by Gasteiger charge is -2.43. The first-order valence-electron chi connectivity index (χ1n) is 10.8.